The SMILES string of the molecule is CC(C)(C)c1ccccc1.CC(C)(C)c1ccco1.CC(C)(C)c1ccoc1. The highest BCUT2D eigenvalue weighted by atomic mass is 16.3. The molecule has 2 heterocycles. The minimum absolute atomic E-state index is 0.156. The van der Waals surface area contributed by atoms with Crippen molar-refractivity contribution in [2.24, 2.45) is 0 Å². The molecule has 0 unspecified atom stereocenters. The molecule has 0 aliphatic rings. The van der Waals surface area contributed by atoms with Crippen LogP contribution < -0.4 is 0 Å². The molecule has 2 aromatic heterocycles. The van der Waals surface area contributed by atoms with E-state index in [4.69, 9.17) is 8.83 Å². The van der Waals surface area contributed by atoms with Crippen molar-refractivity contribution in [2.45, 2.75) is 78.6 Å². The van der Waals surface area contributed by atoms with Crippen LogP contribution in [0.25, 0.3) is 0 Å². The summed E-state index contributed by atoms with van der Waals surface area (Å²) in [7, 11) is 0. The summed E-state index contributed by atoms with van der Waals surface area (Å²) in [6.07, 6.45) is 5.21. The highest BCUT2D eigenvalue weighted by molar-refractivity contribution is 5.22. The van der Waals surface area contributed by atoms with Crippen molar-refractivity contribution in [1.82, 2.24) is 0 Å². The Morgan fingerprint density at radius 3 is 1.36 bits per heavy atom. The molecule has 0 N–H and O–H groups in total. The van der Waals surface area contributed by atoms with E-state index in [1.807, 2.05) is 18.2 Å². The maximum absolute atomic E-state index is 5.20. The molecule has 0 amide bonds. The molecule has 0 saturated heterocycles. The number of hydrogen-bond acceptors (Lipinski definition) is 2. The van der Waals surface area contributed by atoms with Gasteiger partial charge in [0.05, 0.1) is 18.8 Å². The fraction of sp³-hybridized carbons (Fsp3) is 0.462. The van der Waals surface area contributed by atoms with Crippen LogP contribution in [0.1, 0.15) is 79.2 Å². The lowest BCUT2D eigenvalue weighted by Gasteiger charge is -2.18. The zero-order chi connectivity index (χ0) is 21.4. The minimum atomic E-state index is 0.156. The third kappa shape index (κ3) is 8.65. The summed E-state index contributed by atoms with van der Waals surface area (Å²) >= 11 is 0. The van der Waals surface area contributed by atoms with Gasteiger partial charge in [-0.05, 0) is 40.2 Å². The molecule has 28 heavy (non-hydrogen) atoms. The standard InChI is InChI=1S/C10H14.2C8H12O/c1-10(2,3)9-7-5-4-6-8-9;1-8(2,3)7-4-5-9-6-7;1-8(2,3)7-5-4-6-9-7/h4-8H,1-3H3;2*4-6H,1-3H3. The third-order valence-electron chi connectivity index (χ3n) is 4.29. The van der Waals surface area contributed by atoms with Crippen molar-refractivity contribution in [3.8, 4) is 0 Å². The first-order valence-corrected chi connectivity index (χ1v) is 9.94. The lowest BCUT2D eigenvalue weighted by atomic mass is 9.87. The fourth-order valence-corrected chi connectivity index (χ4v) is 2.33. The molecule has 0 aliphatic carbocycles. The van der Waals surface area contributed by atoms with Crippen molar-refractivity contribution in [3.63, 3.8) is 0 Å². The van der Waals surface area contributed by atoms with E-state index in [-0.39, 0.29) is 10.8 Å². The van der Waals surface area contributed by atoms with Gasteiger partial charge >= 0.3 is 0 Å². The van der Waals surface area contributed by atoms with Crippen molar-refractivity contribution in [3.05, 3.63) is 84.2 Å². The number of furan rings is 2. The van der Waals surface area contributed by atoms with Gasteiger partial charge in [-0.3, -0.25) is 0 Å². The van der Waals surface area contributed by atoms with E-state index < -0.39 is 0 Å². The Morgan fingerprint density at radius 2 is 1.11 bits per heavy atom. The van der Waals surface area contributed by atoms with Crippen LogP contribution in [-0.2, 0) is 16.2 Å². The highest BCUT2D eigenvalue weighted by Crippen LogP contribution is 2.22. The molecule has 1 aromatic carbocycles. The van der Waals surface area contributed by atoms with E-state index in [0.29, 0.717) is 5.41 Å². The molecule has 0 bridgehead atoms. The molecular formula is C26H38O2. The summed E-state index contributed by atoms with van der Waals surface area (Å²) in [5.74, 6) is 1.04. The van der Waals surface area contributed by atoms with Gasteiger partial charge < -0.3 is 8.83 Å². The molecule has 2 heteroatoms. The lowest BCUT2D eigenvalue weighted by Crippen LogP contribution is -2.10. The van der Waals surface area contributed by atoms with Crippen LogP contribution >= 0.6 is 0 Å². The second kappa shape index (κ2) is 9.82. The Morgan fingerprint density at radius 1 is 0.536 bits per heavy atom. The Bertz CT molecular complexity index is 700. The normalized spacial score (nSPS) is 11.8. The van der Waals surface area contributed by atoms with E-state index in [0.717, 1.165) is 5.76 Å². The molecule has 0 atom stereocenters. The lowest BCUT2D eigenvalue weighted by molar-refractivity contribution is 0.409. The second-order valence-corrected chi connectivity index (χ2v) is 10.1. The van der Waals surface area contributed by atoms with E-state index in [1.165, 1.54) is 11.1 Å². The summed E-state index contributed by atoms with van der Waals surface area (Å²) in [4.78, 5) is 0. The van der Waals surface area contributed by atoms with Gasteiger partial charge in [-0.15, -0.1) is 0 Å². The summed E-state index contributed by atoms with van der Waals surface area (Å²) in [5.41, 5.74) is 3.33. The maximum Gasteiger partial charge on any atom is 0.109 e. The molecule has 2 nitrogen and oxygen atoms in total. The van der Waals surface area contributed by atoms with Crippen LogP contribution in [0.5, 0.6) is 0 Å². The second-order valence-electron chi connectivity index (χ2n) is 10.1. The number of benzene rings is 1. The predicted octanol–water partition coefficient (Wildman–Crippen LogP) is 8.14. The Kier molecular flexibility index (Phi) is 8.35. The minimum Gasteiger partial charge on any atom is -0.472 e. The molecule has 0 fully saturated rings. The van der Waals surface area contributed by atoms with Gasteiger partial charge in [0, 0.05) is 5.41 Å². The highest BCUT2D eigenvalue weighted by Gasteiger charge is 2.15. The first-order chi connectivity index (χ1) is 12.8. The van der Waals surface area contributed by atoms with Crippen molar-refractivity contribution < 1.29 is 8.83 Å². The zero-order valence-electron chi connectivity index (χ0n) is 19.2. The first-order valence-electron chi connectivity index (χ1n) is 9.94. The molecule has 154 valence electrons. The molecular weight excluding hydrogens is 344 g/mol. The zero-order valence-corrected chi connectivity index (χ0v) is 19.2. The molecule has 0 saturated carbocycles. The summed E-state index contributed by atoms with van der Waals surface area (Å²) in [6.45, 7) is 19.6. The van der Waals surface area contributed by atoms with Crippen LogP contribution in [0, 0.1) is 0 Å². The van der Waals surface area contributed by atoms with E-state index in [9.17, 15) is 0 Å². The predicted molar refractivity (Wildman–Crippen MR) is 120 cm³/mol. The Labute approximate surface area is 172 Å². The molecule has 0 aliphatic heterocycles. The summed E-state index contributed by atoms with van der Waals surface area (Å²) < 4.78 is 10.1. The quantitative estimate of drug-likeness (QED) is 0.392. The smallest absolute Gasteiger partial charge is 0.109 e. The van der Waals surface area contributed by atoms with E-state index in [1.54, 1.807) is 18.8 Å². The monoisotopic (exact) mass is 382 g/mol. The average molecular weight is 383 g/mol. The van der Waals surface area contributed by atoms with Gasteiger partial charge in [-0.25, -0.2) is 0 Å². The number of hydrogen-bond donors (Lipinski definition) is 0. The topological polar surface area (TPSA) is 26.3 Å². The van der Waals surface area contributed by atoms with Gasteiger partial charge in [0.15, 0.2) is 0 Å². The van der Waals surface area contributed by atoms with Crippen molar-refractivity contribution in [2.75, 3.05) is 0 Å². The van der Waals surface area contributed by atoms with E-state index in [2.05, 4.69) is 92.6 Å². The van der Waals surface area contributed by atoms with Crippen LogP contribution in [0.4, 0.5) is 0 Å². The molecule has 3 aromatic rings. The molecule has 0 spiro atoms. The van der Waals surface area contributed by atoms with Crippen molar-refractivity contribution in [1.29, 1.82) is 0 Å². The van der Waals surface area contributed by atoms with Crippen molar-refractivity contribution >= 4 is 0 Å². The van der Waals surface area contributed by atoms with Crippen LogP contribution in [0.3, 0.4) is 0 Å². The van der Waals surface area contributed by atoms with Gasteiger partial charge in [0.1, 0.15) is 5.76 Å². The summed E-state index contributed by atoms with van der Waals surface area (Å²) in [6, 6.07) is 16.5. The molecule has 3 rings (SSSR count). The van der Waals surface area contributed by atoms with Gasteiger partial charge in [0.2, 0.25) is 0 Å². The van der Waals surface area contributed by atoms with Gasteiger partial charge in [0.25, 0.3) is 0 Å². The Balaban J connectivity index is 0.000000210. The van der Waals surface area contributed by atoms with Crippen LogP contribution in [0.2, 0.25) is 0 Å². The van der Waals surface area contributed by atoms with Gasteiger partial charge in [-0.2, -0.15) is 0 Å². The van der Waals surface area contributed by atoms with E-state index >= 15 is 0 Å². The molecule has 0 radical (unpaired) electrons. The average Bonchev–Trinajstić information content (AvgIpc) is 3.29. The summed E-state index contributed by atoms with van der Waals surface area (Å²) in [5, 5.41) is 0. The Hall–Kier alpha value is -2.22. The largest absolute Gasteiger partial charge is 0.472 e. The van der Waals surface area contributed by atoms with Crippen LogP contribution in [0.15, 0.2) is 76.2 Å². The maximum atomic E-state index is 5.20. The number of rotatable bonds is 0. The first kappa shape index (κ1) is 23.8. The fourth-order valence-electron chi connectivity index (χ4n) is 2.33. The third-order valence-corrected chi connectivity index (χ3v) is 4.29. The van der Waals surface area contributed by atoms with Gasteiger partial charge in [-0.1, -0.05) is 92.6 Å². The van der Waals surface area contributed by atoms with Crippen LogP contribution in [-0.4, -0.2) is 0 Å².